The summed E-state index contributed by atoms with van der Waals surface area (Å²) in [5, 5.41) is 43.1. The molecule has 0 aliphatic carbocycles. The van der Waals surface area contributed by atoms with Crippen molar-refractivity contribution in [1.82, 2.24) is 4.98 Å². The minimum Gasteiger partial charge on any atom is -0.506 e. The van der Waals surface area contributed by atoms with Crippen LogP contribution in [-0.4, -0.2) is 43.8 Å². The Kier molecular flexibility index (Phi) is 9.05. The average Bonchev–Trinajstić information content (AvgIpc) is 2.40. The summed E-state index contributed by atoms with van der Waals surface area (Å²) in [4.78, 5) is 12.1. The van der Waals surface area contributed by atoms with Gasteiger partial charge in [0, 0.05) is 17.3 Å². The van der Waals surface area contributed by atoms with Gasteiger partial charge < -0.3 is 25.4 Å². The molecule has 0 amide bonds. The minimum atomic E-state index is -1.84. The van der Waals surface area contributed by atoms with Crippen molar-refractivity contribution in [2.45, 2.75) is 40.1 Å². The minimum absolute atomic E-state index is 0.0379. The largest absolute Gasteiger partial charge is 0.662 e. The molecule has 0 saturated heterocycles. The smallest absolute Gasteiger partial charge is 0.506 e. The van der Waals surface area contributed by atoms with Crippen molar-refractivity contribution in [1.29, 1.82) is 0 Å². The number of aryl methyl sites for hydroxylation is 1. The van der Waals surface area contributed by atoms with Crippen LogP contribution in [0.3, 0.4) is 0 Å². The lowest BCUT2D eigenvalue weighted by atomic mass is 10.1. The van der Waals surface area contributed by atoms with E-state index in [1.54, 1.807) is 20.8 Å². The fourth-order valence-corrected chi connectivity index (χ4v) is 1.16. The van der Waals surface area contributed by atoms with E-state index in [4.69, 9.17) is 20.3 Å². The summed E-state index contributed by atoms with van der Waals surface area (Å²) in [6.07, 6.45) is 1.29. The molecular weight excluding hydrogens is 269 g/mol. The molecule has 1 aromatic heterocycles. The predicted molar refractivity (Wildman–Crippen MR) is 70.0 cm³/mol. The van der Waals surface area contributed by atoms with Crippen molar-refractivity contribution in [3.63, 3.8) is 0 Å². The maximum absolute atomic E-state index is 9.38. The van der Waals surface area contributed by atoms with Gasteiger partial charge in [-0.15, -0.1) is 0 Å². The van der Waals surface area contributed by atoms with Crippen molar-refractivity contribution < 1.29 is 35.1 Å². The topological polar surface area (TPSA) is 132 Å². The molecule has 0 radical (unpaired) electrons. The van der Waals surface area contributed by atoms with Crippen LogP contribution in [0.25, 0.3) is 0 Å². The summed E-state index contributed by atoms with van der Waals surface area (Å²) < 4.78 is 0. The first-order valence-corrected chi connectivity index (χ1v) is 5.89. The molecule has 0 aliphatic rings. The fourth-order valence-electron chi connectivity index (χ4n) is 1.16. The third-order valence-corrected chi connectivity index (χ3v) is 2.09. The number of pyridine rings is 1. The van der Waals surface area contributed by atoms with Crippen LogP contribution in [0.1, 0.15) is 30.7 Å². The molecule has 0 bridgehead atoms. The molecule has 9 heteroatoms. The van der Waals surface area contributed by atoms with Crippen LogP contribution >= 0.6 is 0 Å². The van der Waals surface area contributed by atoms with Crippen LogP contribution in [-0.2, 0) is 22.9 Å². The average molecular weight is 289 g/mol. The van der Waals surface area contributed by atoms with Gasteiger partial charge >= 0.3 is 7.32 Å². The number of aliphatic hydroxyl groups excluding tert-OH is 2. The van der Waals surface area contributed by atoms with Crippen molar-refractivity contribution in [2.24, 2.45) is 0 Å². The first kappa shape index (κ1) is 18.8. The van der Waals surface area contributed by atoms with Crippen LogP contribution in [0.5, 0.6) is 5.75 Å². The highest BCUT2D eigenvalue weighted by Crippen LogP contribution is 2.23. The summed E-state index contributed by atoms with van der Waals surface area (Å²) in [5.41, 5.74) is 1.27. The zero-order chi connectivity index (χ0) is 15.7. The number of nitrogens with zero attached hydrogens (tertiary/aromatic N) is 1. The number of hydrogen-bond acceptors (Lipinski definition) is 8. The van der Waals surface area contributed by atoms with Crippen LogP contribution in [0.15, 0.2) is 6.20 Å². The maximum atomic E-state index is 9.38. The van der Waals surface area contributed by atoms with Crippen LogP contribution in [0, 0.1) is 6.92 Å². The molecule has 0 fully saturated rings. The van der Waals surface area contributed by atoms with E-state index in [1.807, 2.05) is 0 Å². The van der Waals surface area contributed by atoms with Gasteiger partial charge in [-0.1, -0.05) is 0 Å². The molecule has 1 heterocycles. The second-order valence-electron chi connectivity index (χ2n) is 4.08. The molecular formula is C11H20BNO7. The highest BCUT2D eigenvalue weighted by atomic mass is 17.2. The Labute approximate surface area is 117 Å². The quantitative estimate of drug-likeness (QED) is 0.275. The van der Waals surface area contributed by atoms with Gasteiger partial charge in [0.2, 0.25) is 0 Å². The van der Waals surface area contributed by atoms with Crippen molar-refractivity contribution >= 4 is 7.32 Å². The van der Waals surface area contributed by atoms with Gasteiger partial charge in [0.25, 0.3) is 0 Å². The van der Waals surface area contributed by atoms with Crippen LogP contribution < -0.4 is 0 Å². The summed E-state index contributed by atoms with van der Waals surface area (Å²) in [5.74, 6) is -0.0379. The molecule has 0 atom stereocenters. The van der Waals surface area contributed by atoms with E-state index >= 15 is 0 Å². The summed E-state index contributed by atoms with van der Waals surface area (Å²) in [6.45, 7) is 4.54. The third kappa shape index (κ3) is 6.80. The Balaban J connectivity index is 0.000000396. The standard InChI is InChI=1S/C8H11NO3.C3H9BO4/c1-5-8(12)7(4-11)6(3-10)2-9-5;1-3(2)7-8-4(5)6/h2,10-12H,3-4H2,1H3;3,5-6H,1-2H3. The first-order valence-electron chi connectivity index (χ1n) is 5.89. The number of rotatable bonds is 5. The number of aromatic hydroxyl groups is 1. The number of aliphatic hydroxyl groups is 2. The second-order valence-corrected chi connectivity index (χ2v) is 4.08. The van der Waals surface area contributed by atoms with Crippen molar-refractivity contribution in [3.05, 3.63) is 23.0 Å². The second kappa shape index (κ2) is 9.64. The summed E-state index contributed by atoms with van der Waals surface area (Å²) in [6, 6.07) is 0. The van der Waals surface area contributed by atoms with E-state index in [1.165, 1.54) is 6.20 Å². The van der Waals surface area contributed by atoms with E-state index < -0.39 is 7.32 Å². The number of hydrogen-bond donors (Lipinski definition) is 5. The Morgan fingerprint density at radius 2 is 1.85 bits per heavy atom. The molecule has 0 aliphatic heterocycles. The Morgan fingerprint density at radius 1 is 1.25 bits per heavy atom. The van der Waals surface area contributed by atoms with Gasteiger partial charge in [0.1, 0.15) is 5.75 Å². The molecule has 0 spiro atoms. The van der Waals surface area contributed by atoms with Crippen LogP contribution in [0.2, 0.25) is 0 Å². The predicted octanol–water partition coefficient (Wildman–Crippen LogP) is -0.607. The Bertz CT molecular complexity index is 393. The van der Waals surface area contributed by atoms with E-state index in [0.29, 0.717) is 16.8 Å². The molecule has 5 N–H and O–H groups in total. The molecule has 1 aromatic rings. The molecule has 0 unspecified atom stereocenters. The van der Waals surface area contributed by atoms with E-state index in [9.17, 15) is 5.11 Å². The van der Waals surface area contributed by atoms with Gasteiger partial charge in [-0.3, -0.25) is 4.98 Å². The molecule has 0 aromatic carbocycles. The summed E-state index contributed by atoms with van der Waals surface area (Å²) in [7, 11) is -1.84. The van der Waals surface area contributed by atoms with Gasteiger partial charge in [-0.05, 0) is 20.8 Å². The Morgan fingerprint density at radius 3 is 2.20 bits per heavy atom. The molecule has 114 valence electrons. The fraction of sp³-hybridized carbons (Fsp3) is 0.545. The molecule has 20 heavy (non-hydrogen) atoms. The molecule has 0 saturated carbocycles. The van der Waals surface area contributed by atoms with Crippen molar-refractivity contribution in [3.8, 4) is 5.75 Å². The van der Waals surface area contributed by atoms with Gasteiger partial charge in [0.15, 0.2) is 0 Å². The zero-order valence-electron chi connectivity index (χ0n) is 11.6. The monoisotopic (exact) mass is 289 g/mol. The van der Waals surface area contributed by atoms with Gasteiger partial charge in [0.05, 0.1) is 25.0 Å². The highest BCUT2D eigenvalue weighted by Gasteiger charge is 2.10. The SMILES string of the molecule is CC(C)OOB(O)O.Cc1ncc(CO)c(CO)c1O. The van der Waals surface area contributed by atoms with Crippen molar-refractivity contribution in [2.75, 3.05) is 0 Å². The third-order valence-electron chi connectivity index (χ3n) is 2.09. The maximum Gasteiger partial charge on any atom is 0.662 e. The van der Waals surface area contributed by atoms with Gasteiger partial charge in [-0.2, -0.15) is 0 Å². The van der Waals surface area contributed by atoms with E-state index in [-0.39, 0.29) is 25.1 Å². The lowest BCUT2D eigenvalue weighted by molar-refractivity contribution is -0.260. The lowest BCUT2D eigenvalue weighted by Crippen LogP contribution is -2.19. The van der Waals surface area contributed by atoms with E-state index in [0.717, 1.165) is 0 Å². The van der Waals surface area contributed by atoms with Crippen LogP contribution in [0.4, 0.5) is 0 Å². The van der Waals surface area contributed by atoms with E-state index in [2.05, 4.69) is 14.7 Å². The zero-order valence-corrected chi connectivity index (χ0v) is 11.6. The molecule has 1 rings (SSSR count). The van der Waals surface area contributed by atoms with Gasteiger partial charge in [-0.25, -0.2) is 9.69 Å². The number of aromatic nitrogens is 1. The summed E-state index contributed by atoms with van der Waals surface area (Å²) >= 11 is 0. The molecule has 8 nitrogen and oxygen atoms in total. The normalized spacial score (nSPS) is 10.2. The Hall–Kier alpha value is -1.23. The first-order chi connectivity index (χ1) is 9.33. The lowest BCUT2D eigenvalue weighted by Gasteiger charge is -2.07. The highest BCUT2D eigenvalue weighted by molar-refractivity contribution is 6.32.